The largest absolute Gasteiger partial charge is 0.480 e. The van der Waals surface area contributed by atoms with E-state index in [1.165, 1.54) is 0 Å². The number of halogens is 2. The van der Waals surface area contributed by atoms with Crippen LogP contribution in [0.4, 0.5) is 13.6 Å². The molecular formula is C13H21F2NO5. The van der Waals surface area contributed by atoms with Crippen molar-refractivity contribution in [3.63, 3.8) is 0 Å². The van der Waals surface area contributed by atoms with Gasteiger partial charge in [-0.05, 0) is 27.2 Å². The average Bonchev–Trinajstić information content (AvgIpc) is 2.28. The molecule has 0 radical (unpaired) electrons. The number of ether oxygens (including phenoxy) is 2. The van der Waals surface area contributed by atoms with Gasteiger partial charge in [-0.15, -0.1) is 0 Å². The minimum Gasteiger partial charge on any atom is -0.480 e. The Kier molecular flexibility index (Phi) is 5.49. The number of amides is 1. The highest BCUT2D eigenvalue weighted by atomic mass is 19.3. The van der Waals surface area contributed by atoms with E-state index in [1.54, 1.807) is 20.8 Å². The second kappa shape index (κ2) is 6.55. The van der Waals surface area contributed by atoms with Crippen molar-refractivity contribution in [2.24, 2.45) is 0 Å². The van der Waals surface area contributed by atoms with Crippen LogP contribution in [0.3, 0.4) is 0 Å². The van der Waals surface area contributed by atoms with Gasteiger partial charge in [-0.3, -0.25) is 0 Å². The monoisotopic (exact) mass is 309 g/mol. The van der Waals surface area contributed by atoms with Gasteiger partial charge in [-0.2, -0.15) is 0 Å². The van der Waals surface area contributed by atoms with E-state index in [9.17, 15) is 18.4 Å². The molecule has 0 aliphatic carbocycles. The summed E-state index contributed by atoms with van der Waals surface area (Å²) in [4.78, 5) is 22.7. The maximum absolute atomic E-state index is 12.9. The van der Waals surface area contributed by atoms with E-state index < -0.39 is 42.3 Å². The van der Waals surface area contributed by atoms with Gasteiger partial charge in [0, 0.05) is 12.8 Å². The zero-order chi connectivity index (χ0) is 16.3. The summed E-state index contributed by atoms with van der Waals surface area (Å²) in [5, 5.41) is 11.3. The molecule has 1 amide bonds. The van der Waals surface area contributed by atoms with Gasteiger partial charge < -0.3 is 19.9 Å². The summed E-state index contributed by atoms with van der Waals surface area (Å²) in [5.41, 5.74) is -0.753. The van der Waals surface area contributed by atoms with Gasteiger partial charge in [0.15, 0.2) is 0 Å². The number of alkyl carbamates (subject to hydrolysis) is 1. The summed E-state index contributed by atoms with van der Waals surface area (Å²) < 4.78 is 35.8. The van der Waals surface area contributed by atoms with Crippen molar-refractivity contribution in [1.29, 1.82) is 0 Å². The van der Waals surface area contributed by atoms with Crippen LogP contribution in [0.15, 0.2) is 0 Å². The van der Waals surface area contributed by atoms with Gasteiger partial charge in [0.25, 0.3) is 5.92 Å². The Hall–Kier alpha value is -1.44. The Morgan fingerprint density at radius 3 is 2.52 bits per heavy atom. The number of aliphatic carboxylic acids is 1. The first-order valence-electron chi connectivity index (χ1n) is 6.70. The quantitative estimate of drug-likeness (QED) is 0.831. The number of hydrogen-bond acceptors (Lipinski definition) is 4. The van der Waals surface area contributed by atoms with Gasteiger partial charge in [-0.25, -0.2) is 18.4 Å². The lowest BCUT2D eigenvalue weighted by Crippen LogP contribution is -2.46. The standard InChI is InChI=1S/C13H21F2NO5/c1-12(2,3)21-11(19)16-9(10(17)18)6-8-4-5-13(14,15)7-20-8/h8-9H,4-7H2,1-3H3,(H,16,19)(H,17,18)/t8?,9-/m0/s1. The maximum atomic E-state index is 12.9. The smallest absolute Gasteiger partial charge is 0.408 e. The fourth-order valence-corrected chi connectivity index (χ4v) is 1.89. The van der Waals surface area contributed by atoms with E-state index in [1.807, 2.05) is 0 Å². The fraction of sp³-hybridized carbons (Fsp3) is 0.846. The van der Waals surface area contributed by atoms with Crippen LogP contribution in [-0.2, 0) is 14.3 Å². The SMILES string of the molecule is CC(C)(C)OC(=O)N[C@@H](CC1CCC(F)(F)CO1)C(=O)O. The number of rotatable bonds is 4. The first-order chi connectivity index (χ1) is 9.48. The average molecular weight is 309 g/mol. The van der Waals surface area contributed by atoms with E-state index in [2.05, 4.69) is 5.32 Å². The molecule has 1 rings (SSSR count). The number of carbonyl (C=O) groups is 2. The highest BCUT2D eigenvalue weighted by molar-refractivity contribution is 5.80. The van der Waals surface area contributed by atoms with Gasteiger partial charge in [-0.1, -0.05) is 0 Å². The van der Waals surface area contributed by atoms with Gasteiger partial charge in [0.2, 0.25) is 0 Å². The zero-order valence-electron chi connectivity index (χ0n) is 12.3. The third kappa shape index (κ3) is 6.70. The molecule has 1 unspecified atom stereocenters. The molecule has 2 N–H and O–H groups in total. The lowest BCUT2D eigenvalue weighted by molar-refractivity contribution is -0.152. The normalized spacial score (nSPS) is 23.2. The topological polar surface area (TPSA) is 84.9 Å². The van der Waals surface area contributed by atoms with Crippen LogP contribution >= 0.6 is 0 Å². The molecule has 21 heavy (non-hydrogen) atoms. The molecule has 0 aromatic heterocycles. The molecule has 1 heterocycles. The molecule has 1 fully saturated rings. The van der Waals surface area contributed by atoms with E-state index in [0.717, 1.165) is 0 Å². The number of carboxylic acid groups (broad SMARTS) is 1. The highest BCUT2D eigenvalue weighted by Crippen LogP contribution is 2.29. The molecule has 6 nitrogen and oxygen atoms in total. The summed E-state index contributed by atoms with van der Waals surface area (Å²) in [5.74, 6) is -4.13. The molecule has 1 aliphatic heterocycles. The molecule has 0 saturated carbocycles. The summed E-state index contributed by atoms with van der Waals surface area (Å²) in [6, 6.07) is -1.24. The first kappa shape index (κ1) is 17.6. The molecule has 8 heteroatoms. The van der Waals surface area contributed by atoms with Crippen molar-refractivity contribution in [3.8, 4) is 0 Å². The van der Waals surface area contributed by atoms with Crippen molar-refractivity contribution in [3.05, 3.63) is 0 Å². The molecule has 1 aliphatic rings. The minimum atomic E-state index is -2.87. The molecule has 0 aromatic rings. The van der Waals surface area contributed by atoms with E-state index in [-0.39, 0.29) is 19.3 Å². The highest BCUT2D eigenvalue weighted by Gasteiger charge is 2.37. The third-order valence-electron chi connectivity index (χ3n) is 2.85. The van der Waals surface area contributed by atoms with E-state index in [0.29, 0.717) is 0 Å². The summed E-state index contributed by atoms with van der Waals surface area (Å²) in [6.07, 6.45) is -1.87. The van der Waals surface area contributed by atoms with Crippen molar-refractivity contribution < 1.29 is 33.0 Å². The number of nitrogens with one attached hydrogen (secondary N) is 1. The van der Waals surface area contributed by atoms with Crippen LogP contribution in [0.1, 0.15) is 40.0 Å². The van der Waals surface area contributed by atoms with Crippen molar-refractivity contribution in [2.45, 2.75) is 63.7 Å². The van der Waals surface area contributed by atoms with Crippen LogP contribution in [0.25, 0.3) is 0 Å². The Labute approximate surface area is 121 Å². The van der Waals surface area contributed by atoms with Gasteiger partial charge in [0.05, 0.1) is 6.10 Å². The van der Waals surface area contributed by atoms with Crippen LogP contribution < -0.4 is 5.32 Å². The minimum absolute atomic E-state index is 0.0484. The van der Waals surface area contributed by atoms with Crippen molar-refractivity contribution in [1.82, 2.24) is 5.32 Å². The van der Waals surface area contributed by atoms with E-state index >= 15 is 0 Å². The molecule has 0 spiro atoms. The summed E-state index contributed by atoms with van der Waals surface area (Å²) >= 11 is 0. The molecule has 1 saturated heterocycles. The number of carbonyl (C=O) groups excluding carboxylic acids is 1. The number of hydrogen-bond donors (Lipinski definition) is 2. The Bertz CT molecular complexity index is 385. The molecule has 2 atom stereocenters. The van der Waals surface area contributed by atoms with Crippen LogP contribution in [0.5, 0.6) is 0 Å². The lowest BCUT2D eigenvalue weighted by Gasteiger charge is -2.30. The Morgan fingerprint density at radius 1 is 1.48 bits per heavy atom. The zero-order valence-corrected chi connectivity index (χ0v) is 12.3. The van der Waals surface area contributed by atoms with Gasteiger partial charge >= 0.3 is 12.1 Å². The van der Waals surface area contributed by atoms with Crippen molar-refractivity contribution in [2.75, 3.05) is 6.61 Å². The molecule has 0 bridgehead atoms. The predicted molar refractivity (Wildman–Crippen MR) is 69.3 cm³/mol. The number of alkyl halides is 2. The molecular weight excluding hydrogens is 288 g/mol. The number of carboxylic acids is 1. The summed E-state index contributed by atoms with van der Waals surface area (Å²) in [7, 11) is 0. The fourth-order valence-electron chi connectivity index (χ4n) is 1.89. The van der Waals surface area contributed by atoms with Crippen LogP contribution in [0.2, 0.25) is 0 Å². The lowest BCUT2D eigenvalue weighted by atomic mass is 10.00. The van der Waals surface area contributed by atoms with Crippen molar-refractivity contribution >= 4 is 12.1 Å². The predicted octanol–water partition coefficient (Wildman–Crippen LogP) is 2.17. The molecule has 122 valence electrons. The van der Waals surface area contributed by atoms with Gasteiger partial charge in [0.1, 0.15) is 18.2 Å². The van der Waals surface area contributed by atoms with E-state index in [4.69, 9.17) is 14.6 Å². The first-order valence-corrected chi connectivity index (χ1v) is 6.70. The summed E-state index contributed by atoms with van der Waals surface area (Å²) in [6.45, 7) is 4.22. The molecule has 0 aromatic carbocycles. The second-order valence-corrected chi connectivity index (χ2v) is 6.10. The Balaban J connectivity index is 2.51. The third-order valence-corrected chi connectivity index (χ3v) is 2.85. The second-order valence-electron chi connectivity index (χ2n) is 6.10. The van der Waals surface area contributed by atoms with Crippen LogP contribution in [-0.4, -0.2) is 47.4 Å². The maximum Gasteiger partial charge on any atom is 0.408 e. The van der Waals surface area contributed by atoms with Crippen LogP contribution in [0, 0.1) is 0 Å². The Morgan fingerprint density at radius 2 is 2.10 bits per heavy atom.